The molecule has 0 aliphatic carbocycles. The normalized spacial score (nSPS) is 10.9. The van der Waals surface area contributed by atoms with Crippen molar-refractivity contribution in [2.24, 2.45) is 0 Å². The first-order chi connectivity index (χ1) is 11.7. The molecule has 0 fully saturated rings. The van der Waals surface area contributed by atoms with Gasteiger partial charge >= 0.3 is 5.76 Å². The molecular formula is C18H18N2O3S. The van der Waals surface area contributed by atoms with Crippen molar-refractivity contribution >= 4 is 28.8 Å². The van der Waals surface area contributed by atoms with Crippen LogP contribution in [-0.2, 0) is 17.9 Å². The quantitative estimate of drug-likeness (QED) is 0.700. The van der Waals surface area contributed by atoms with E-state index in [4.69, 9.17) is 4.42 Å². The van der Waals surface area contributed by atoms with Gasteiger partial charge in [0.15, 0.2) is 5.58 Å². The molecular weight excluding hydrogens is 324 g/mol. The Morgan fingerprint density at radius 2 is 1.92 bits per heavy atom. The number of nitrogens with one attached hydrogen (secondary N) is 1. The summed E-state index contributed by atoms with van der Waals surface area (Å²) >= 11 is 1.68. The number of benzene rings is 2. The number of hydrogen-bond acceptors (Lipinski definition) is 4. The van der Waals surface area contributed by atoms with Crippen LogP contribution in [0.5, 0.6) is 0 Å². The van der Waals surface area contributed by atoms with Gasteiger partial charge in [-0.2, -0.15) is 0 Å². The van der Waals surface area contributed by atoms with E-state index in [1.807, 2.05) is 48.7 Å². The first-order valence-electron chi connectivity index (χ1n) is 7.65. The SMILES string of the molecule is CSc1ccc(CNC(=O)CCn2c(=O)oc3ccccc32)cc1. The minimum Gasteiger partial charge on any atom is -0.408 e. The zero-order chi connectivity index (χ0) is 16.9. The van der Waals surface area contributed by atoms with Crippen molar-refractivity contribution in [2.45, 2.75) is 24.4 Å². The lowest BCUT2D eigenvalue weighted by Gasteiger charge is -2.06. The van der Waals surface area contributed by atoms with E-state index in [1.165, 1.54) is 9.46 Å². The Labute approximate surface area is 143 Å². The highest BCUT2D eigenvalue weighted by atomic mass is 32.2. The summed E-state index contributed by atoms with van der Waals surface area (Å²) in [6, 6.07) is 15.3. The third-order valence-corrected chi connectivity index (χ3v) is 4.53. The van der Waals surface area contributed by atoms with Gasteiger partial charge in [-0.05, 0) is 36.1 Å². The Bertz CT molecular complexity index is 897. The molecule has 1 aromatic heterocycles. The Balaban J connectivity index is 1.57. The van der Waals surface area contributed by atoms with Crippen LogP contribution in [0.15, 0.2) is 62.6 Å². The van der Waals surface area contributed by atoms with E-state index in [0.717, 1.165) is 5.56 Å². The summed E-state index contributed by atoms with van der Waals surface area (Å²) in [5.41, 5.74) is 2.30. The summed E-state index contributed by atoms with van der Waals surface area (Å²) in [6.07, 6.45) is 2.25. The van der Waals surface area contributed by atoms with Crippen LogP contribution in [0.1, 0.15) is 12.0 Å². The molecule has 0 radical (unpaired) electrons. The van der Waals surface area contributed by atoms with E-state index in [-0.39, 0.29) is 12.3 Å². The van der Waals surface area contributed by atoms with Gasteiger partial charge in [-0.3, -0.25) is 9.36 Å². The van der Waals surface area contributed by atoms with E-state index < -0.39 is 5.76 Å². The Morgan fingerprint density at radius 3 is 2.67 bits per heavy atom. The Hall–Kier alpha value is -2.47. The summed E-state index contributed by atoms with van der Waals surface area (Å²) in [7, 11) is 0. The standard InChI is InChI=1S/C18H18N2O3S/c1-24-14-8-6-13(7-9-14)12-19-17(21)10-11-20-15-4-2-3-5-16(15)23-18(20)22/h2-9H,10-12H2,1H3,(H,19,21). The maximum absolute atomic E-state index is 12.0. The van der Waals surface area contributed by atoms with Crippen LogP contribution in [-0.4, -0.2) is 16.7 Å². The van der Waals surface area contributed by atoms with Crippen LogP contribution in [0.25, 0.3) is 11.1 Å². The molecule has 3 rings (SSSR count). The average Bonchev–Trinajstić information content (AvgIpc) is 2.93. The summed E-state index contributed by atoms with van der Waals surface area (Å²) in [6.45, 7) is 0.779. The fourth-order valence-electron chi connectivity index (χ4n) is 2.47. The second-order valence-electron chi connectivity index (χ2n) is 5.36. The number of carbonyl (C=O) groups is 1. The van der Waals surface area contributed by atoms with Crippen LogP contribution in [0.3, 0.4) is 0 Å². The second-order valence-corrected chi connectivity index (χ2v) is 6.24. The molecule has 0 atom stereocenters. The number of nitrogens with zero attached hydrogens (tertiary/aromatic N) is 1. The lowest BCUT2D eigenvalue weighted by Crippen LogP contribution is -2.25. The lowest BCUT2D eigenvalue weighted by molar-refractivity contribution is -0.121. The van der Waals surface area contributed by atoms with Gasteiger partial charge in [0.05, 0.1) is 5.52 Å². The molecule has 2 aromatic carbocycles. The first kappa shape index (κ1) is 16.4. The van der Waals surface area contributed by atoms with Gasteiger partial charge < -0.3 is 9.73 Å². The van der Waals surface area contributed by atoms with Gasteiger partial charge in [-0.15, -0.1) is 11.8 Å². The van der Waals surface area contributed by atoms with Crippen molar-refractivity contribution in [3.8, 4) is 0 Å². The molecule has 0 saturated carbocycles. The lowest BCUT2D eigenvalue weighted by atomic mass is 10.2. The number of hydrogen-bond donors (Lipinski definition) is 1. The van der Waals surface area contributed by atoms with Crippen molar-refractivity contribution in [2.75, 3.05) is 6.26 Å². The van der Waals surface area contributed by atoms with Crippen LogP contribution >= 0.6 is 11.8 Å². The smallest absolute Gasteiger partial charge is 0.408 e. The molecule has 0 aliphatic rings. The molecule has 0 unspecified atom stereocenters. The molecule has 24 heavy (non-hydrogen) atoms. The Kier molecular flexibility index (Phi) is 5.05. The molecule has 124 valence electrons. The zero-order valence-corrected chi connectivity index (χ0v) is 14.1. The number of fused-ring (bicyclic) bond motifs is 1. The average molecular weight is 342 g/mol. The molecule has 0 spiro atoms. The third kappa shape index (κ3) is 3.71. The second kappa shape index (κ2) is 7.40. The van der Waals surface area contributed by atoms with E-state index in [9.17, 15) is 9.59 Å². The summed E-state index contributed by atoms with van der Waals surface area (Å²) in [5.74, 6) is -0.530. The number of aryl methyl sites for hydroxylation is 1. The summed E-state index contributed by atoms with van der Waals surface area (Å²) < 4.78 is 6.64. The van der Waals surface area contributed by atoms with Crippen molar-refractivity contribution < 1.29 is 9.21 Å². The predicted octanol–water partition coefficient (Wildman–Crippen LogP) is 3.02. The number of amides is 1. The molecule has 5 nitrogen and oxygen atoms in total. The van der Waals surface area contributed by atoms with Gasteiger partial charge in [0.2, 0.25) is 5.91 Å². The van der Waals surface area contributed by atoms with Crippen molar-refractivity contribution in [1.82, 2.24) is 9.88 Å². The molecule has 0 bridgehead atoms. The highest BCUT2D eigenvalue weighted by Gasteiger charge is 2.10. The maximum Gasteiger partial charge on any atom is 0.419 e. The van der Waals surface area contributed by atoms with Crippen LogP contribution in [0, 0.1) is 0 Å². The molecule has 1 amide bonds. The predicted molar refractivity (Wildman–Crippen MR) is 95.2 cm³/mol. The molecule has 0 saturated heterocycles. The van der Waals surface area contributed by atoms with Crippen LogP contribution in [0.2, 0.25) is 0 Å². The van der Waals surface area contributed by atoms with Gasteiger partial charge in [0.25, 0.3) is 0 Å². The number of oxazole rings is 1. The van der Waals surface area contributed by atoms with Crippen LogP contribution in [0.4, 0.5) is 0 Å². The monoisotopic (exact) mass is 342 g/mol. The first-order valence-corrected chi connectivity index (χ1v) is 8.88. The number of carbonyl (C=O) groups excluding carboxylic acids is 1. The maximum atomic E-state index is 12.0. The fourth-order valence-corrected chi connectivity index (χ4v) is 2.88. The van der Waals surface area contributed by atoms with E-state index >= 15 is 0 Å². The van der Waals surface area contributed by atoms with Gasteiger partial charge in [0, 0.05) is 24.4 Å². The largest absolute Gasteiger partial charge is 0.419 e. The summed E-state index contributed by atoms with van der Waals surface area (Å²) in [5, 5.41) is 2.87. The van der Waals surface area contributed by atoms with E-state index in [1.54, 1.807) is 17.8 Å². The van der Waals surface area contributed by atoms with Crippen molar-refractivity contribution in [1.29, 1.82) is 0 Å². The topological polar surface area (TPSA) is 64.2 Å². The molecule has 6 heteroatoms. The number of rotatable bonds is 6. The molecule has 1 N–H and O–H groups in total. The minimum atomic E-state index is -0.434. The zero-order valence-electron chi connectivity index (χ0n) is 13.3. The Morgan fingerprint density at radius 1 is 1.17 bits per heavy atom. The van der Waals surface area contributed by atoms with Gasteiger partial charge in [-0.1, -0.05) is 24.3 Å². The van der Waals surface area contributed by atoms with Crippen molar-refractivity contribution in [3.63, 3.8) is 0 Å². The third-order valence-electron chi connectivity index (χ3n) is 3.78. The van der Waals surface area contributed by atoms with E-state index in [0.29, 0.717) is 24.2 Å². The fraction of sp³-hybridized carbons (Fsp3) is 0.222. The number of aromatic nitrogens is 1. The van der Waals surface area contributed by atoms with Crippen molar-refractivity contribution in [3.05, 3.63) is 64.6 Å². The number of para-hydroxylation sites is 2. The molecule has 3 aromatic rings. The molecule has 0 aliphatic heterocycles. The summed E-state index contributed by atoms with van der Waals surface area (Å²) in [4.78, 5) is 25.1. The highest BCUT2D eigenvalue weighted by Crippen LogP contribution is 2.15. The minimum absolute atomic E-state index is 0.0962. The van der Waals surface area contributed by atoms with Gasteiger partial charge in [-0.25, -0.2) is 4.79 Å². The van der Waals surface area contributed by atoms with Gasteiger partial charge in [0.1, 0.15) is 0 Å². The number of thioether (sulfide) groups is 1. The highest BCUT2D eigenvalue weighted by molar-refractivity contribution is 7.98. The molecule has 1 heterocycles. The van der Waals surface area contributed by atoms with E-state index in [2.05, 4.69) is 5.32 Å². The van der Waals surface area contributed by atoms with Crippen LogP contribution < -0.4 is 11.1 Å².